The summed E-state index contributed by atoms with van der Waals surface area (Å²) in [5.74, 6) is 0.514. The summed E-state index contributed by atoms with van der Waals surface area (Å²) in [6, 6.07) is 1.56. The van der Waals surface area contributed by atoms with E-state index in [1.54, 1.807) is 13.2 Å². The van der Waals surface area contributed by atoms with E-state index in [4.69, 9.17) is 15.0 Å². The van der Waals surface area contributed by atoms with Crippen molar-refractivity contribution in [3.05, 3.63) is 17.5 Å². The van der Waals surface area contributed by atoms with Gasteiger partial charge in [0.25, 0.3) is 5.91 Å². The third-order valence-electron chi connectivity index (χ3n) is 2.09. The molecule has 1 aromatic rings. The van der Waals surface area contributed by atoms with Gasteiger partial charge >= 0.3 is 0 Å². The van der Waals surface area contributed by atoms with E-state index in [9.17, 15) is 4.79 Å². The summed E-state index contributed by atoms with van der Waals surface area (Å²) in [5.41, 5.74) is 5.70. The van der Waals surface area contributed by atoms with Gasteiger partial charge in [-0.15, -0.1) is 0 Å². The highest BCUT2D eigenvalue weighted by Gasteiger charge is 2.12. The summed E-state index contributed by atoms with van der Waals surface area (Å²) in [6.07, 6.45) is 0. The van der Waals surface area contributed by atoms with Crippen LogP contribution in [-0.4, -0.2) is 31.3 Å². The number of nitrogens with two attached hydrogens (primary N) is 1. The zero-order valence-corrected chi connectivity index (χ0v) is 9.53. The fourth-order valence-corrected chi connectivity index (χ4v) is 1.07. The Morgan fingerprint density at radius 3 is 3.12 bits per heavy atom. The summed E-state index contributed by atoms with van der Waals surface area (Å²) >= 11 is 0. The second-order valence-electron chi connectivity index (χ2n) is 3.66. The van der Waals surface area contributed by atoms with Crippen LogP contribution in [-0.2, 0) is 11.3 Å². The van der Waals surface area contributed by atoms with Gasteiger partial charge in [-0.3, -0.25) is 4.79 Å². The zero-order chi connectivity index (χ0) is 12.0. The standard InChI is InChI=1S/C10H17N3O3/c1-7(4-11)5-12-10(14)9-3-8(6-15-2)16-13-9/h3,7H,4-6,11H2,1-2H3,(H,12,14). The first-order chi connectivity index (χ1) is 7.67. The van der Waals surface area contributed by atoms with Gasteiger partial charge in [0.05, 0.1) is 0 Å². The lowest BCUT2D eigenvalue weighted by Crippen LogP contribution is -2.31. The highest BCUT2D eigenvalue weighted by Crippen LogP contribution is 2.04. The molecule has 1 atom stereocenters. The highest BCUT2D eigenvalue weighted by molar-refractivity contribution is 5.92. The molecule has 1 amide bonds. The van der Waals surface area contributed by atoms with Gasteiger partial charge in [-0.05, 0) is 12.5 Å². The molecule has 0 fully saturated rings. The molecule has 6 nitrogen and oxygen atoms in total. The summed E-state index contributed by atoms with van der Waals surface area (Å²) in [5, 5.41) is 6.36. The van der Waals surface area contributed by atoms with Crippen LogP contribution >= 0.6 is 0 Å². The summed E-state index contributed by atoms with van der Waals surface area (Å²) in [6.45, 7) is 3.33. The van der Waals surface area contributed by atoms with E-state index >= 15 is 0 Å². The van der Waals surface area contributed by atoms with Crippen molar-refractivity contribution in [2.45, 2.75) is 13.5 Å². The first-order valence-corrected chi connectivity index (χ1v) is 5.10. The van der Waals surface area contributed by atoms with Crippen molar-refractivity contribution < 1.29 is 14.1 Å². The molecule has 0 aliphatic carbocycles. The van der Waals surface area contributed by atoms with Crippen LogP contribution in [0, 0.1) is 5.92 Å². The molecule has 1 heterocycles. The lowest BCUT2D eigenvalue weighted by atomic mass is 10.2. The largest absolute Gasteiger partial charge is 0.377 e. The van der Waals surface area contributed by atoms with Gasteiger partial charge in [0, 0.05) is 19.7 Å². The Bertz CT molecular complexity index is 338. The van der Waals surface area contributed by atoms with E-state index in [0.29, 0.717) is 25.5 Å². The van der Waals surface area contributed by atoms with E-state index in [1.807, 2.05) is 6.92 Å². The molecular formula is C10H17N3O3. The molecular weight excluding hydrogens is 210 g/mol. The first kappa shape index (κ1) is 12.7. The van der Waals surface area contributed by atoms with Crippen LogP contribution in [0.3, 0.4) is 0 Å². The Hall–Kier alpha value is -1.40. The number of ether oxygens (including phenoxy) is 1. The number of rotatable bonds is 6. The molecule has 0 saturated heterocycles. The van der Waals surface area contributed by atoms with Crippen molar-refractivity contribution in [3.8, 4) is 0 Å². The topological polar surface area (TPSA) is 90.4 Å². The Labute approximate surface area is 94.1 Å². The average molecular weight is 227 g/mol. The van der Waals surface area contributed by atoms with Crippen LogP contribution in [0.5, 0.6) is 0 Å². The second kappa shape index (κ2) is 6.24. The normalized spacial score (nSPS) is 12.4. The number of hydrogen-bond acceptors (Lipinski definition) is 5. The molecule has 16 heavy (non-hydrogen) atoms. The molecule has 3 N–H and O–H groups in total. The second-order valence-corrected chi connectivity index (χ2v) is 3.66. The van der Waals surface area contributed by atoms with Crippen molar-refractivity contribution in [2.75, 3.05) is 20.2 Å². The summed E-state index contributed by atoms with van der Waals surface area (Å²) < 4.78 is 9.75. The van der Waals surface area contributed by atoms with Crippen LogP contribution in [0.2, 0.25) is 0 Å². The first-order valence-electron chi connectivity index (χ1n) is 5.10. The Kier molecular flexibility index (Phi) is 4.94. The van der Waals surface area contributed by atoms with E-state index in [-0.39, 0.29) is 17.5 Å². The predicted octanol–water partition coefficient (Wildman–Crippen LogP) is 0.146. The zero-order valence-electron chi connectivity index (χ0n) is 9.53. The fourth-order valence-electron chi connectivity index (χ4n) is 1.07. The minimum absolute atomic E-state index is 0.245. The highest BCUT2D eigenvalue weighted by atomic mass is 16.5. The van der Waals surface area contributed by atoms with Crippen LogP contribution in [0.1, 0.15) is 23.2 Å². The van der Waals surface area contributed by atoms with Crippen LogP contribution in [0.25, 0.3) is 0 Å². The molecule has 0 aliphatic heterocycles. The predicted molar refractivity (Wildman–Crippen MR) is 57.8 cm³/mol. The molecule has 1 rings (SSSR count). The van der Waals surface area contributed by atoms with Crippen molar-refractivity contribution in [2.24, 2.45) is 11.7 Å². The number of carbonyl (C=O) groups excluding carboxylic acids is 1. The molecule has 0 aliphatic rings. The number of nitrogens with one attached hydrogen (secondary N) is 1. The van der Waals surface area contributed by atoms with E-state index in [0.717, 1.165) is 0 Å². The Morgan fingerprint density at radius 2 is 2.50 bits per heavy atom. The minimum atomic E-state index is -0.258. The number of amides is 1. The maximum atomic E-state index is 11.6. The molecule has 0 aromatic carbocycles. The van der Waals surface area contributed by atoms with Crippen LogP contribution in [0.15, 0.2) is 10.6 Å². The van der Waals surface area contributed by atoms with Crippen LogP contribution < -0.4 is 11.1 Å². The molecule has 0 saturated carbocycles. The third-order valence-corrected chi connectivity index (χ3v) is 2.09. The molecule has 6 heteroatoms. The summed E-state index contributed by atoms with van der Waals surface area (Å²) in [4.78, 5) is 11.6. The lowest BCUT2D eigenvalue weighted by molar-refractivity contribution is 0.0938. The number of aromatic nitrogens is 1. The maximum Gasteiger partial charge on any atom is 0.273 e. The Balaban J connectivity index is 2.46. The van der Waals surface area contributed by atoms with Crippen molar-refractivity contribution in [3.63, 3.8) is 0 Å². The van der Waals surface area contributed by atoms with Crippen molar-refractivity contribution >= 4 is 5.91 Å². The third kappa shape index (κ3) is 3.63. The number of hydrogen-bond donors (Lipinski definition) is 2. The summed E-state index contributed by atoms with van der Waals surface area (Å²) in [7, 11) is 1.55. The SMILES string of the molecule is COCc1cc(C(=O)NCC(C)CN)no1. The quantitative estimate of drug-likeness (QED) is 0.721. The van der Waals surface area contributed by atoms with E-state index < -0.39 is 0 Å². The maximum absolute atomic E-state index is 11.6. The molecule has 0 radical (unpaired) electrons. The van der Waals surface area contributed by atoms with Crippen molar-refractivity contribution in [1.82, 2.24) is 10.5 Å². The molecule has 1 aromatic heterocycles. The van der Waals surface area contributed by atoms with Gasteiger partial charge in [0.15, 0.2) is 11.5 Å². The molecule has 0 bridgehead atoms. The lowest BCUT2D eigenvalue weighted by Gasteiger charge is -2.08. The average Bonchev–Trinajstić information content (AvgIpc) is 2.74. The number of nitrogens with zero attached hydrogens (tertiary/aromatic N) is 1. The van der Waals surface area contributed by atoms with Gasteiger partial charge in [-0.2, -0.15) is 0 Å². The molecule has 0 spiro atoms. The number of carbonyl (C=O) groups is 1. The van der Waals surface area contributed by atoms with Gasteiger partial charge in [-0.1, -0.05) is 12.1 Å². The monoisotopic (exact) mass is 227 g/mol. The van der Waals surface area contributed by atoms with Crippen molar-refractivity contribution in [1.29, 1.82) is 0 Å². The van der Waals surface area contributed by atoms with Gasteiger partial charge in [0.1, 0.15) is 6.61 Å². The molecule has 1 unspecified atom stereocenters. The number of methoxy groups -OCH3 is 1. The van der Waals surface area contributed by atoms with E-state index in [1.165, 1.54) is 0 Å². The fraction of sp³-hybridized carbons (Fsp3) is 0.600. The van der Waals surface area contributed by atoms with Crippen LogP contribution in [0.4, 0.5) is 0 Å². The van der Waals surface area contributed by atoms with Gasteiger partial charge in [0.2, 0.25) is 0 Å². The minimum Gasteiger partial charge on any atom is -0.377 e. The Morgan fingerprint density at radius 1 is 1.75 bits per heavy atom. The van der Waals surface area contributed by atoms with Gasteiger partial charge in [-0.25, -0.2) is 0 Å². The smallest absolute Gasteiger partial charge is 0.273 e. The van der Waals surface area contributed by atoms with Gasteiger partial charge < -0.3 is 20.3 Å². The van der Waals surface area contributed by atoms with E-state index in [2.05, 4.69) is 10.5 Å². The molecule has 90 valence electrons.